The molecule has 11 nitrogen and oxygen atoms in total. The quantitative estimate of drug-likeness (QED) is 0.0144. The van der Waals surface area contributed by atoms with E-state index in [-0.39, 0.29) is 11.9 Å². The Balaban J connectivity index is 1.03. The highest BCUT2D eigenvalue weighted by molar-refractivity contribution is 5.88. The number of ether oxygens (including phenoxy) is 7. The number of rotatable bonds is 30. The number of unbranched alkanes of at least 4 members (excludes halogenated alkanes) is 3. The summed E-state index contributed by atoms with van der Waals surface area (Å²) in [5, 5.41) is 0. The maximum atomic E-state index is 11.6. The Morgan fingerprint density at radius 3 is 1.86 bits per heavy atom. The van der Waals surface area contributed by atoms with Crippen molar-refractivity contribution in [3.8, 4) is 45.5 Å². The molecule has 0 amide bonds. The van der Waals surface area contributed by atoms with E-state index in [2.05, 4.69) is 80.7 Å². The number of hydrogen-bond donors (Lipinski definition) is 0. The molecule has 5 aromatic rings. The Hall–Kier alpha value is -6.04. The molecule has 0 atom stereocenters. The highest BCUT2D eigenvalue weighted by atomic mass is 16.6. The van der Waals surface area contributed by atoms with Crippen LogP contribution in [-0.4, -0.2) is 81.7 Å². The molecule has 2 saturated carbocycles. The van der Waals surface area contributed by atoms with Gasteiger partial charge in [0.25, 0.3) is 0 Å². The SMILES string of the molecule is C=CCCOCCOc1cc2nc(-c3cccc(C4CCC(C=O)CC4)c3)c(-c3cccc(OCC4CCC(c5ccc(OCCCCCCOC(=O)C=C)cc5)CC4)c3)nc2cc1OCCOCCC. The number of aldehydes is 1. The minimum absolute atomic E-state index is 0.150. The first-order valence-electron chi connectivity index (χ1n) is 26.1. The highest BCUT2D eigenvalue weighted by Crippen LogP contribution is 2.41. The van der Waals surface area contributed by atoms with Gasteiger partial charge in [-0.15, -0.1) is 6.58 Å². The van der Waals surface area contributed by atoms with Crippen LogP contribution in [0.5, 0.6) is 23.0 Å². The summed E-state index contributed by atoms with van der Waals surface area (Å²) in [6.07, 6.45) is 18.0. The zero-order chi connectivity index (χ0) is 49.5. The van der Waals surface area contributed by atoms with Gasteiger partial charge in [-0.3, -0.25) is 0 Å². The van der Waals surface area contributed by atoms with Crippen LogP contribution in [0.4, 0.5) is 0 Å². The third-order valence-corrected chi connectivity index (χ3v) is 13.6. The lowest BCUT2D eigenvalue weighted by Gasteiger charge is -2.29. The summed E-state index contributed by atoms with van der Waals surface area (Å²) < 4.78 is 41.7. The molecule has 11 heteroatoms. The second-order valence-electron chi connectivity index (χ2n) is 18.8. The number of fused-ring (bicyclic) bond motifs is 1. The van der Waals surface area contributed by atoms with E-state index in [1.807, 2.05) is 30.3 Å². The van der Waals surface area contributed by atoms with Crippen LogP contribution in [0.2, 0.25) is 0 Å². The molecule has 7 rings (SSSR count). The van der Waals surface area contributed by atoms with Crippen LogP contribution in [0, 0.1) is 11.8 Å². The molecule has 2 aliphatic carbocycles. The minimum atomic E-state index is -0.364. The van der Waals surface area contributed by atoms with E-state index in [1.54, 1.807) is 0 Å². The molecule has 378 valence electrons. The van der Waals surface area contributed by atoms with Gasteiger partial charge in [0.15, 0.2) is 11.5 Å². The lowest BCUT2D eigenvalue weighted by atomic mass is 9.79. The van der Waals surface area contributed by atoms with Crippen LogP contribution in [0.15, 0.2) is 110 Å². The van der Waals surface area contributed by atoms with Gasteiger partial charge in [0, 0.05) is 41.9 Å². The molecule has 1 aromatic heterocycles. The lowest BCUT2D eigenvalue weighted by Crippen LogP contribution is -2.19. The molecule has 1 heterocycles. The first-order valence-corrected chi connectivity index (χ1v) is 26.1. The minimum Gasteiger partial charge on any atom is -0.494 e. The van der Waals surface area contributed by atoms with Gasteiger partial charge in [-0.1, -0.05) is 62.0 Å². The summed E-state index contributed by atoms with van der Waals surface area (Å²) >= 11 is 0. The van der Waals surface area contributed by atoms with Gasteiger partial charge >= 0.3 is 5.97 Å². The molecule has 0 bridgehead atoms. The van der Waals surface area contributed by atoms with E-state index in [1.165, 1.54) is 17.2 Å². The fraction of sp³-hybridized carbons (Fsp3) is 0.467. The van der Waals surface area contributed by atoms with Crippen LogP contribution in [0.3, 0.4) is 0 Å². The van der Waals surface area contributed by atoms with Crippen LogP contribution < -0.4 is 18.9 Å². The van der Waals surface area contributed by atoms with Gasteiger partial charge in [-0.05, 0) is 149 Å². The maximum absolute atomic E-state index is 11.6. The molecular formula is C60H74N2O9. The fourth-order valence-electron chi connectivity index (χ4n) is 9.58. The normalized spacial score (nSPS) is 17.8. The Morgan fingerprint density at radius 1 is 0.592 bits per heavy atom. The Labute approximate surface area is 421 Å². The molecule has 0 unspecified atom stereocenters. The van der Waals surface area contributed by atoms with Gasteiger partial charge in [-0.2, -0.15) is 0 Å². The number of esters is 1. The number of aromatic nitrogens is 2. The Morgan fingerprint density at radius 2 is 1.21 bits per heavy atom. The molecule has 0 N–H and O–H groups in total. The maximum Gasteiger partial charge on any atom is 0.330 e. The second-order valence-corrected chi connectivity index (χ2v) is 18.8. The zero-order valence-electron chi connectivity index (χ0n) is 41.9. The molecule has 4 aromatic carbocycles. The fourth-order valence-corrected chi connectivity index (χ4v) is 9.58. The molecule has 0 radical (unpaired) electrons. The van der Waals surface area contributed by atoms with E-state index in [0.717, 1.165) is 130 Å². The summed E-state index contributed by atoms with van der Waals surface area (Å²) in [6.45, 7) is 13.9. The average Bonchev–Trinajstić information content (AvgIpc) is 3.42. The summed E-state index contributed by atoms with van der Waals surface area (Å²) in [5.41, 5.74) is 7.42. The first-order chi connectivity index (χ1) is 34.9. The first kappa shape index (κ1) is 52.8. The molecule has 2 fully saturated rings. The summed E-state index contributed by atoms with van der Waals surface area (Å²) in [5.74, 6) is 4.01. The topological polar surface area (TPSA) is 125 Å². The van der Waals surface area contributed by atoms with Crippen molar-refractivity contribution in [1.29, 1.82) is 0 Å². The van der Waals surface area contributed by atoms with E-state index in [0.29, 0.717) is 99.7 Å². The van der Waals surface area contributed by atoms with Gasteiger partial charge < -0.3 is 38.0 Å². The molecule has 0 spiro atoms. The molecule has 2 aliphatic rings. The molecular weight excluding hydrogens is 893 g/mol. The van der Waals surface area contributed by atoms with Crippen molar-refractivity contribution in [1.82, 2.24) is 9.97 Å². The third-order valence-electron chi connectivity index (χ3n) is 13.6. The van der Waals surface area contributed by atoms with Gasteiger partial charge in [-0.25, -0.2) is 14.8 Å². The monoisotopic (exact) mass is 967 g/mol. The second kappa shape index (κ2) is 28.7. The Bertz CT molecular complexity index is 2440. The standard InChI is InChI=1S/C60H74N2O9/c1-4-7-31-66-35-37-69-57-40-54-55(41-56(57)68-36-34-65-30-5-2)62-60(59(61-54)50-15-12-14-49(38-50)48-22-18-44(42-63)19-23-48)51-16-13-17-53(39-51)71-43-45-20-24-46(25-21-45)47-26-28-52(29-27-47)67-32-10-8-9-11-33-70-58(64)6-3/h4,6,12-17,26-29,38-42,44-46,48H,1,3,5,7-11,18-25,30-37,43H2,2H3. The van der Waals surface area contributed by atoms with Gasteiger partial charge in [0.2, 0.25) is 0 Å². The number of carbonyl (C=O) groups is 2. The van der Waals surface area contributed by atoms with Crippen molar-refractivity contribution in [2.24, 2.45) is 11.8 Å². The average molecular weight is 967 g/mol. The van der Waals surface area contributed by atoms with E-state index in [9.17, 15) is 9.59 Å². The molecule has 0 aliphatic heterocycles. The lowest BCUT2D eigenvalue weighted by molar-refractivity contribution is -0.137. The van der Waals surface area contributed by atoms with Gasteiger partial charge in [0.1, 0.15) is 31.0 Å². The zero-order valence-corrected chi connectivity index (χ0v) is 41.9. The van der Waals surface area contributed by atoms with Crippen molar-refractivity contribution in [2.75, 3.05) is 59.5 Å². The number of nitrogens with zero attached hydrogens (tertiary/aromatic N) is 2. The Kier molecular flexibility index (Phi) is 21.3. The predicted octanol–water partition coefficient (Wildman–Crippen LogP) is 13.2. The van der Waals surface area contributed by atoms with Crippen LogP contribution in [0.1, 0.15) is 120 Å². The van der Waals surface area contributed by atoms with Crippen LogP contribution >= 0.6 is 0 Å². The predicted molar refractivity (Wildman–Crippen MR) is 281 cm³/mol. The summed E-state index contributed by atoms with van der Waals surface area (Å²) in [6, 6.07) is 29.4. The number of carbonyl (C=O) groups excluding carboxylic acids is 2. The van der Waals surface area contributed by atoms with Crippen molar-refractivity contribution >= 4 is 23.3 Å². The third kappa shape index (κ3) is 16.2. The van der Waals surface area contributed by atoms with Crippen molar-refractivity contribution in [3.05, 3.63) is 121 Å². The van der Waals surface area contributed by atoms with Crippen molar-refractivity contribution < 1.29 is 42.7 Å². The number of benzene rings is 4. The largest absolute Gasteiger partial charge is 0.494 e. The van der Waals surface area contributed by atoms with E-state index >= 15 is 0 Å². The molecule has 71 heavy (non-hydrogen) atoms. The van der Waals surface area contributed by atoms with E-state index < -0.39 is 0 Å². The number of hydrogen-bond acceptors (Lipinski definition) is 11. The summed E-state index contributed by atoms with van der Waals surface area (Å²) in [7, 11) is 0. The van der Waals surface area contributed by atoms with E-state index in [4.69, 9.17) is 43.1 Å². The highest BCUT2D eigenvalue weighted by Gasteiger charge is 2.25. The summed E-state index contributed by atoms with van der Waals surface area (Å²) in [4.78, 5) is 33.5. The van der Waals surface area contributed by atoms with Crippen molar-refractivity contribution in [2.45, 2.75) is 109 Å². The van der Waals surface area contributed by atoms with Crippen molar-refractivity contribution in [3.63, 3.8) is 0 Å². The van der Waals surface area contributed by atoms with Crippen LogP contribution in [-0.2, 0) is 23.8 Å². The smallest absolute Gasteiger partial charge is 0.330 e. The molecule has 0 saturated heterocycles. The van der Waals surface area contributed by atoms with Gasteiger partial charge in [0.05, 0.1) is 62.1 Å². The van der Waals surface area contributed by atoms with Crippen LogP contribution in [0.25, 0.3) is 33.5 Å².